The molecule has 4 nitrogen and oxygen atoms in total. The fourth-order valence-electron chi connectivity index (χ4n) is 3.43. The van der Waals surface area contributed by atoms with E-state index < -0.39 is 0 Å². The van der Waals surface area contributed by atoms with E-state index in [1.54, 1.807) is 0 Å². The molecular weight excluding hydrogens is 264 g/mol. The lowest BCUT2D eigenvalue weighted by molar-refractivity contribution is 0.0528. The minimum atomic E-state index is -0.262. The van der Waals surface area contributed by atoms with Gasteiger partial charge in [0, 0.05) is 12.1 Å². The molecule has 0 radical (unpaired) electrons. The number of nitrogens with zero attached hydrogens (tertiary/aromatic N) is 1. The van der Waals surface area contributed by atoms with Crippen molar-refractivity contribution in [2.24, 2.45) is 5.92 Å². The molecule has 1 amide bonds. The Balaban J connectivity index is 1.64. The van der Waals surface area contributed by atoms with E-state index in [4.69, 9.17) is 4.74 Å². The average molecular weight is 296 g/mol. The van der Waals surface area contributed by atoms with Crippen LogP contribution in [0.5, 0.6) is 0 Å². The summed E-state index contributed by atoms with van der Waals surface area (Å²) in [7, 11) is 0. The van der Waals surface area contributed by atoms with Gasteiger partial charge in [-0.2, -0.15) is 0 Å². The van der Waals surface area contributed by atoms with Crippen molar-refractivity contribution in [2.45, 2.75) is 77.4 Å². The Morgan fingerprint density at radius 1 is 1.10 bits per heavy atom. The Labute approximate surface area is 129 Å². The van der Waals surface area contributed by atoms with Crippen molar-refractivity contribution >= 4 is 6.09 Å². The number of nitrogens with one attached hydrogen (secondary N) is 1. The molecule has 0 aromatic heterocycles. The van der Waals surface area contributed by atoms with Crippen LogP contribution in [0.25, 0.3) is 0 Å². The third-order valence-electron chi connectivity index (χ3n) is 4.51. The highest BCUT2D eigenvalue weighted by Crippen LogP contribution is 2.28. The van der Waals surface area contributed by atoms with Gasteiger partial charge in [-0.25, -0.2) is 4.79 Å². The van der Waals surface area contributed by atoms with Crippen LogP contribution in [0.4, 0.5) is 4.79 Å². The van der Waals surface area contributed by atoms with E-state index in [0.717, 1.165) is 18.8 Å². The number of ether oxygens (including phenoxy) is 1. The second kappa shape index (κ2) is 7.48. The fraction of sp³-hybridized carbons (Fsp3) is 0.941. The number of likely N-dealkylation sites (tertiary alicyclic amines) is 1. The van der Waals surface area contributed by atoms with Crippen LogP contribution in [0.2, 0.25) is 0 Å². The van der Waals surface area contributed by atoms with Crippen LogP contribution in [0.1, 0.15) is 65.7 Å². The van der Waals surface area contributed by atoms with Gasteiger partial charge in [0.1, 0.15) is 6.10 Å². The van der Waals surface area contributed by atoms with Gasteiger partial charge < -0.3 is 15.0 Å². The van der Waals surface area contributed by atoms with E-state index in [0.29, 0.717) is 0 Å². The summed E-state index contributed by atoms with van der Waals surface area (Å²) in [6, 6.07) is 0. The van der Waals surface area contributed by atoms with Crippen molar-refractivity contribution in [3.05, 3.63) is 0 Å². The van der Waals surface area contributed by atoms with Crippen molar-refractivity contribution in [3.63, 3.8) is 0 Å². The monoisotopic (exact) mass is 296 g/mol. The zero-order chi connectivity index (χ0) is 15.3. The van der Waals surface area contributed by atoms with Gasteiger partial charge >= 0.3 is 6.09 Å². The van der Waals surface area contributed by atoms with Crippen molar-refractivity contribution in [1.82, 2.24) is 10.2 Å². The van der Waals surface area contributed by atoms with E-state index in [-0.39, 0.29) is 17.7 Å². The number of carbonyl (C=O) groups excluding carboxylic acids is 1. The molecular formula is C17H32N2O2. The largest absolute Gasteiger partial charge is 0.446 e. The van der Waals surface area contributed by atoms with Crippen LogP contribution in [-0.4, -0.2) is 42.3 Å². The standard InChI is InChI=1S/C17H32N2O2/c1-17(2,3)18-16(20)21-15-9-7-14(8-10-15)13-19-11-5-4-6-12-19/h14-15H,4-13H2,1-3H3,(H,18,20). The smallest absolute Gasteiger partial charge is 0.407 e. The fourth-order valence-corrected chi connectivity index (χ4v) is 3.43. The number of rotatable bonds is 3. The molecule has 122 valence electrons. The Morgan fingerprint density at radius 2 is 1.71 bits per heavy atom. The molecule has 0 unspecified atom stereocenters. The number of piperidine rings is 1. The molecule has 1 saturated heterocycles. The quantitative estimate of drug-likeness (QED) is 0.866. The van der Waals surface area contributed by atoms with Gasteiger partial charge in [-0.1, -0.05) is 6.42 Å². The number of hydrogen-bond donors (Lipinski definition) is 1. The van der Waals surface area contributed by atoms with Gasteiger partial charge in [0.25, 0.3) is 0 Å². The lowest BCUT2D eigenvalue weighted by Gasteiger charge is -2.34. The van der Waals surface area contributed by atoms with E-state index in [2.05, 4.69) is 10.2 Å². The molecule has 1 aliphatic carbocycles. The van der Waals surface area contributed by atoms with E-state index in [1.807, 2.05) is 20.8 Å². The molecule has 0 aromatic rings. The molecule has 0 spiro atoms. The van der Waals surface area contributed by atoms with Gasteiger partial charge in [-0.15, -0.1) is 0 Å². The molecule has 1 saturated carbocycles. The molecule has 4 heteroatoms. The maximum atomic E-state index is 11.8. The first-order valence-corrected chi connectivity index (χ1v) is 8.63. The van der Waals surface area contributed by atoms with Crippen LogP contribution in [0.15, 0.2) is 0 Å². The SMILES string of the molecule is CC(C)(C)NC(=O)OC1CCC(CN2CCCCC2)CC1. The predicted octanol–water partition coefficient (Wildman–Crippen LogP) is 3.56. The van der Waals surface area contributed by atoms with Crippen molar-refractivity contribution in [2.75, 3.05) is 19.6 Å². The van der Waals surface area contributed by atoms with Crippen LogP contribution in [0, 0.1) is 5.92 Å². The first kappa shape index (κ1) is 16.6. The van der Waals surface area contributed by atoms with Crippen molar-refractivity contribution in [3.8, 4) is 0 Å². The Hall–Kier alpha value is -0.770. The molecule has 2 aliphatic rings. The van der Waals surface area contributed by atoms with E-state index >= 15 is 0 Å². The summed E-state index contributed by atoms with van der Waals surface area (Å²) in [5.41, 5.74) is -0.220. The van der Waals surface area contributed by atoms with Crippen molar-refractivity contribution in [1.29, 1.82) is 0 Å². The molecule has 2 rings (SSSR count). The number of hydrogen-bond acceptors (Lipinski definition) is 3. The summed E-state index contributed by atoms with van der Waals surface area (Å²) in [4.78, 5) is 14.4. The zero-order valence-corrected chi connectivity index (χ0v) is 14.0. The highest BCUT2D eigenvalue weighted by Gasteiger charge is 2.26. The minimum Gasteiger partial charge on any atom is -0.446 e. The van der Waals surface area contributed by atoms with Crippen molar-refractivity contribution < 1.29 is 9.53 Å². The van der Waals surface area contributed by atoms with Crippen LogP contribution >= 0.6 is 0 Å². The van der Waals surface area contributed by atoms with Crippen LogP contribution < -0.4 is 5.32 Å². The second-order valence-electron chi connectivity index (χ2n) is 7.78. The lowest BCUT2D eigenvalue weighted by Crippen LogP contribution is -2.43. The second-order valence-corrected chi connectivity index (χ2v) is 7.78. The summed E-state index contributed by atoms with van der Waals surface area (Å²) < 4.78 is 5.54. The Kier molecular flexibility index (Phi) is 5.91. The molecule has 0 atom stereocenters. The first-order valence-electron chi connectivity index (χ1n) is 8.63. The molecule has 2 fully saturated rings. The summed E-state index contributed by atoms with van der Waals surface area (Å²) in [6.45, 7) is 9.74. The summed E-state index contributed by atoms with van der Waals surface area (Å²) in [5.74, 6) is 0.800. The molecule has 21 heavy (non-hydrogen) atoms. The molecule has 1 N–H and O–H groups in total. The van der Waals surface area contributed by atoms with Gasteiger partial charge in [0.05, 0.1) is 0 Å². The Morgan fingerprint density at radius 3 is 2.29 bits per heavy atom. The predicted molar refractivity (Wildman–Crippen MR) is 85.4 cm³/mol. The first-order chi connectivity index (χ1) is 9.92. The maximum absolute atomic E-state index is 11.8. The number of alkyl carbamates (subject to hydrolysis) is 1. The maximum Gasteiger partial charge on any atom is 0.407 e. The van der Waals surface area contributed by atoms with Gasteiger partial charge in [-0.3, -0.25) is 0 Å². The third kappa shape index (κ3) is 6.25. The number of amides is 1. The molecule has 1 heterocycles. The van der Waals surface area contributed by atoms with E-state index in [9.17, 15) is 4.79 Å². The van der Waals surface area contributed by atoms with Gasteiger partial charge in [0.15, 0.2) is 0 Å². The van der Waals surface area contributed by atoms with Gasteiger partial charge in [0.2, 0.25) is 0 Å². The zero-order valence-electron chi connectivity index (χ0n) is 14.0. The highest BCUT2D eigenvalue weighted by molar-refractivity contribution is 5.68. The summed E-state index contributed by atoms with van der Waals surface area (Å²) in [5, 5.41) is 2.87. The van der Waals surface area contributed by atoms with Crippen LogP contribution in [-0.2, 0) is 4.74 Å². The van der Waals surface area contributed by atoms with Gasteiger partial charge in [-0.05, 0) is 78.3 Å². The Bertz CT molecular complexity index is 324. The number of carbonyl (C=O) groups is 1. The van der Waals surface area contributed by atoms with Crippen LogP contribution in [0.3, 0.4) is 0 Å². The van der Waals surface area contributed by atoms with E-state index in [1.165, 1.54) is 51.7 Å². The lowest BCUT2D eigenvalue weighted by atomic mass is 9.86. The highest BCUT2D eigenvalue weighted by atomic mass is 16.6. The molecule has 0 aromatic carbocycles. The molecule has 1 aliphatic heterocycles. The average Bonchev–Trinajstić information content (AvgIpc) is 2.40. The minimum absolute atomic E-state index is 0.116. The third-order valence-corrected chi connectivity index (χ3v) is 4.51. The summed E-state index contributed by atoms with van der Waals surface area (Å²) >= 11 is 0. The molecule has 0 bridgehead atoms. The normalized spacial score (nSPS) is 28.1. The topological polar surface area (TPSA) is 41.6 Å². The summed E-state index contributed by atoms with van der Waals surface area (Å²) in [6.07, 6.45) is 8.43.